The predicted octanol–water partition coefficient (Wildman–Crippen LogP) is 1.16. The van der Waals surface area contributed by atoms with Crippen molar-refractivity contribution >= 4 is 5.91 Å². The molecule has 1 amide bonds. The Morgan fingerprint density at radius 3 is 2.67 bits per heavy atom. The molecule has 1 aromatic heterocycles. The third-order valence-corrected chi connectivity index (χ3v) is 2.83. The molecular weight excluding hydrogens is 228 g/mol. The van der Waals surface area contributed by atoms with E-state index in [0.717, 1.165) is 11.3 Å². The SMILES string of the molecule is CCNC(=O)C(C)NCc1cn(C)nc1C(C)C. The number of carbonyl (C=O) groups is 1. The minimum Gasteiger partial charge on any atom is -0.355 e. The maximum absolute atomic E-state index is 11.6. The summed E-state index contributed by atoms with van der Waals surface area (Å²) in [5.74, 6) is 0.426. The molecule has 0 saturated carbocycles. The van der Waals surface area contributed by atoms with Gasteiger partial charge in [0.2, 0.25) is 5.91 Å². The van der Waals surface area contributed by atoms with E-state index in [9.17, 15) is 4.79 Å². The standard InChI is InChI=1S/C13H24N4O/c1-6-14-13(18)10(4)15-7-11-8-17(5)16-12(11)9(2)3/h8-10,15H,6-7H2,1-5H3,(H,14,18). The van der Waals surface area contributed by atoms with Gasteiger partial charge in [-0.05, 0) is 19.8 Å². The van der Waals surface area contributed by atoms with Gasteiger partial charge in [-0.2, -0.15) is 5.10 Å². The summed E-state index contributed by atoms with van der Waals surface area (Å²) in [6.07, 6.45) is 2.01. The first-order chi connectivity index (χ1) is 8.45. The van der Waals surface area contributed by atoms with E-state index in [0.29, 0.717) is 19.0 Å². The molecule has 0 bridgehead atoms. The molecule has 0 aromatic carbocycles. The van der Waals surface area contributed by atoms with Crippen LogP contribution in [0.25, 0.3) is 0 Å². The molecule has 1 atom stereocenters. The number of rotatable bonds is 6. The average molecular weight is 252 g/mol. The summed E-state index contributed by atoms with van der Waals surface area (Å²) < 4.78 is 1.82. The van der Waals surface area contributed by atoms with Crippen LogP contribution in [0.15, 0.2) is 6.20 Å². The zero-order valence-electron chi connectivity index (χ0n) is 11.9. The first-order valence-corrected chi connectivity index (χ1v) is 6.49. The topological polar surface area (TPSA) is 59.0 Å². The van der Waals surface area contributed by atoms with Gasteiger partial charge in [-0.3, -0.25) is 9.48 Å². The minimum absolute atomic E-state index is 0.0347. The van der Waals surface area contributed by atoms with E-state index in [1.165, 1.54) is 0 Å². The van der Waals surface area contributed by atoms with E-state index in [2.05, 4.69) is 29.6 Å². The molecule has 0 aliphatic carbocycles. The molecule has 0 saturated heterocycles. The fraction of sp³-hybridized carbons (Fsp3) is 0.692. The highest BCUT2D eigenvalue weighted by Gasteiger charge is 2.14. The highest BCUT2D eigenvalue weighted by atomic mass is 16.2. The highest BCUT2D eigenvalue weighted by Crippen LogP contribution is 2.16. The molecule has 18 heavy (non-hydrogen) atoms. The molecule has 0 aliphatic heterocycles. The Bertz CT molecular complexity index is 398. The third-order valence-electron chi connectivity index (χ3n) is 2.83. The zero-order valence-corrected chi connectivity index (χ0v) is 11.9. The minimum atomic E-state index is -0.190. The van der Waals surface area contributed by atoms with Crippen LogP contribution >= 0.6 is 0 Å². The van der Waals surface area contributed by atoms with Crippen LogP contribution < -0.4 is 10.6 Å². The Morgan fingerprint density at radius 1 is 1.44 bits per heavy atom. The smallest absolute Gasteiger partial charge is 0.236 e. The zero-order chi connectivity index (χ0) is 13.7. The van der Waals surface area contributed by atoms with Crippen molar-refractivity contribution in [1.82, 2.24) is 20.4 Å². The average Bonchev–Trinajstić information content (AvgIpc) is 2.68. The third kappa shape index (κ3) is 3.84. The van der Waals surface area contributed by atoms with E-state index in [-0.39, 0.29) is 11.9 Å². The van der Waals surface area contributed by atoms with Crippen LogP contribution in [-0.2, 0) is 18.4 Å². The summed E-state index contributed by atoms with van der Waals surface area (Å²) in [4.78, 5) is 11.6. The Hall–Kier alpha value is -1.36. The molecule has 0 spiro atoms. The number of amides is 1. The Labute approximate surface area is 109 Å². The number of aromatic nitrogens is 2. The van der Waals surface area contributed by atoms with Crippen molar-refractivity contribution in [3.63, 3.8) is 0 Å². The van der Waals surface area contributed by atoms with Crippen LogP contribution in [0.2, 0.25) is 0 Å². The summed E-state index contributed by atoms with van der Waals surface area (Å²) in [6, 6.07) is -0.190. The van der Waals surface area contributed by atoms with Gasteiger partial charge in [0.1, 0.15) is 0 Å². The van der Waals surface area contributed by atoms with E-state index in [1.807, 2.05) is 31.8 Å². The van der Waals surface area contributed by atoms with Crippen molar-refractivity contribution in [2.75, 3.05) is 6.54 Å². The largest absolute Gasteiger partial charge is 0.355 e. The summed E-state index contributed by atoms with van der Waals surface area (Å²) in [7, 11) is 1.92. The van der Waals surface area contributed by atoms with Crippen LogP contribution in [0, 0.1) is 0 Å². The van der Waals surface area contributed by atoms with Crippen LogP contribution in [-0.4, -0.2) is 28.3 Å². The van der Waals surface area contributed by atoms with Crippen molar-refractivity contribution in [1.29, 1.82) is 0 Å². The van der Waals surface area contributed by atoms with Crippen molar-refractivity contribution in [3.05, 3.63) is 17.5 Å². The number of nitrogens with zero attached hydrogens (tertiary/aromatic N) is 2. The van der Waals surface area contributed by atoms with Gasteiger partial charge in [-0.25, -0.2) is 0 Å². The first-order valence-electron chi connectivity index (χ1n) is 6.49. The number of nitrogens with one attached hydrogen (secondary N) is 2. The quantitative estimate of drug-likeness (QED) is 0.798. The van der Waals surface area contributed by atoms with Gasteiger partial charge < -0.3 is 10.6 Å². The van der Waals surface area contributed by atoms with Gasteiger partial charge in [-0.1, -0.05) is 13.8 Å². The second-order valence-corrected chi connectivity index (χ2v) is 4.87. The number of hydrogen-bond acceptors (Lipinski definition) is 3. The second-order valence-electron chi connectivity index (χ2n) is 4.87. The summed E-state index contributed by atoms with van der Waals surface area (Å²) in [6.45, 7) is 9.37. The first kappa shape index (κ1) is 14.7. The van der Waals surface area contributed by atoms with Crippen LogP contribution in [0.1, 0.15) is 44.9 Å². The molecule has 1 aromatic rings. The number of carbonyl (C=O) groups excluding carboxylic acids is 1. The molecule has 5 heteroatoms. The monoisotopic (exact) mass is 252 g/mol. The lowest BCUT2D eigenvalue weighted by Crippen LogP contribution is -2.41. The van der Waals surface area contributed by atoms with Crippen molar-refractivity contribution in [3.8, 4) is 0 Å². The Morgan fingerprint density at radius 2 is 2.11 bits per heavy atom. The highest BCUT2D eigenvalue weighted by molar-refractivity contribution is 5.81. The van der Waals surface area contributed by atoms with Gasteiger partial charge in [0.15, 0.2) is 0 Å². The Balaban J connectivity index is 2.60. The van der Waals surface area contributed by atoms with Gasteiger partial charge in [-0.15, -0.1) is 0 Å². The molecule has 5 nitrogen and oxygen atoms in total. The van der Waals surface area contributed by atoms with Gasteiger partial charge in [0.25, 0.3) is 0 Å². The number of likely N-dealkylation sites (N-methyl/N-ethyl adjacent to an activating group) is 1. The van der Waals surface area contributed by atoms with Gasteiger partial charge in [0.05, 0.1) is 11.7 Å². The maximum Gasteiger partial charge on any atom is 0.236 e. The molecule has 0 fully saturated rings. The molecule has 102 valence electrons. The predicted molar refractivity (Wildman–Crippen MR) is 72.3 cm³/mol. The van der Waals surface area contributed by atoms with Gasteiger partial charge in [0, 0.05) is 31.9 Å². The lowest BCUT2D eigenvalue weighted by atomic mass is 10.1. The van der Waals surface area contributed by atoms with Crippen LogP contribution in [0.5, 0.6) is 0 Å². The molecule has 1 unspecified atom stereocenters. The van der Waals surface area contributed by atoms with E-state index in [1.54, 1.807) is 0 Å². The molecule has 1 rings (SSSR count). The normalized spacial score (nSPS) is 12.8. The molecule has 2 N–H and O–H groups in total. The summed E-state index contributed by atoms with van der Waals surface area (Å²) in [5.41, 5.74) is 2.25. The van der Waals surface area contributed by atoms with Crippen molar-refractivity contribution in [2.24, 2.45) is 7.05 Å². The van der Waals surface area contributed by atoms with E-state index >= 15 is 0 Å². The van der Waals surface area contributed by atoms with Crippen LogP contribution in [0.4, 0.5) is 0 Å². The lowest BCUT2D eigenvalue weighted by Gasteiger charge is -2.13. The number of hydrogen-bond donors (Lipinski definition) is 2. The fourth-order valence-electron chi connectivity index (χ4n) is 1.86. The molecule has 0 radical (unpaired) electrons. The Kier molecular flexibility index (Phi) is 5.34. The molecular formula is C13H24N4O. The van der Waals surface area contributed by atoms with E-state index < -0.39 is 0 Å². The maximum atomic E-state index is 11.6. The summed E-state index contributed by atoms with van der Waals surface area (Å²) >= 11 is 0. The van der Waals surface area contributed by atoms with Crippen molar-refractivity contribution in [2.45, 2.75) is 46.2 Å². The summed E-state index contributed by atoms with van der Waals surface area (Å²) in [5, 5.41) is 10.5. The lowest BCUT2D eigenvalue weighted by molar-refractivity contribution is -0.122. The fourth-order valence-corrected chi connectivity index (χ4v) is 1.86. The van der Waals surface area contributed by atoms with E-state index in [4.69, 9.17) is 0 Å². The molecule has 1 heterocycles. The molecule has 0 aliphatic rings. The second kappa shape index (κ2) is 6.54. The van der Waals surface area contributed by atoms with Crippen LogP contribution in [0.3, 0.4) is 0 Å². The number of aryl methyl sites for hydroxylation is 1. The van der Waals surface area contributed by atoms with Gasteiger partial charge >= 0.3 is 0 Å². The van der Waals surface area contributed by atoms with Crippen molar-refractivity contribution < 1.29 is 4.79 Å².